The van der Waals surface area contributed by atoms with Crippen molar-refractivity contribution in [2.24, 2.45) is 11.3 Å². The molecule has 0 amide bonds. The van der Waals surface area contributed by atoms with E-state index in [9.17, 15) is 15.3 Å². The first-order valence-corrected chi connectivity index (χ1v) is 30.6. The number of hydrogen-bond acceptors (Lipinski definition) is 6. The maximum Gasteiger partial charge on any atom is 0.487 e. The third kappa shape index (κ3) is 23.1. The van der Waals surface area contributed by atoms with Crippen LogP contribution in [0.15, 0.2) is 109 Å². The van der Waals surface area contributed by atoms with Crippen LogP contribution in [-0.4, -0.2) is 65.9 Å². The second-order valence-electron chi connectivity index (χ2n) is 25.6. The van der Waals surface area contributed by atoms with E-state index < -0.39 is 26.1 Å². The molecule has 414 valence electrons. The van der Waals surface area contributed by atoms with Gasteiger partial charge in [-0.25, -0.2) is 0 Å². The van der Waals surface area contributed by atoms with Crippen molar-refractivity contribution < 1.29 is 29.1 Å². The Balaban J connectivity index is 0.000000384. The lowest BCUT2D eigenvalue weighted by atomic mass is 9.83. The Labute approximate surface area is 456 Å². The minimum atomic E-state index is -1.86. The summed E-state index contributed by atoms with van der Waals surface area (Å²) in [5.74, 6) is 5.44. The molecular formula is C66H107BO6Si. The zero-order valence-electron chi connectivity index (χ0n) is 50.1. The van der Waals surface area contributed by atoms with Crippen LogP contribution in [0.1, 0.15) is 219 Å². The van der Waals surface area contributed by atoms with Crippen molar-refractivity contribution >= 4 is 26.6 Å². The molecule has 2 fully saturated rings. The average molecular weight is 1040 g/mol. The fourth-order valence-electron chi connectivity index (χ4n) is 10.4. The average Bonchev–Trinajstić information content (AvgIpc) is 3.50. The SMILES string of the molecule is C#CC[C@@H](C)C[C@H](O[Si](C(C)C)(C(C)C)C(C)C)C(=C)C.C=C1/C(=C\C=C(/CCCCCC(C)(C)O)c2ccccc2)C[C@@H](O)C[C@@H]1O.CC(C)(C)CCCCC/C(=C\B1OC(C)(C)C(C)(C)O1)c1ccccc1. The van der Waals surface area contributed by atoms with Crippen molar-refractivity contribution in [1.82, 2.24) is 0 Å². The number of allylic oxidation sites excluding steroid dienone is 4. The van der Waals surface area contributed by atoms with Crippen molar-refractivity contribution in [2.45, 2.75) is 259 Å². The van der Waals surface area contributed by atoms with E-state index >= 15 is 0 Å². The monoisotopic (exact) mass is 1030 g/mol. The summed E-state index contributed by atoms with van der Waals surface area (Å²) < 4.78 is 19.3. The van der Waals surface area contributed by atoms with Crippen LogP contribution in [0.25, 0.3) is 11.1 Å². The summed E-state index contributed by atoms with van der Waals surface area (Å²) in [4.78, 5) is 0. The van der Waals surface area contributed by atoms with E-state index in [1.54, 1.807) is 0 Å². The quantitative estimate of drug-likeness (QED) is 0.0420. The van der Waals surface area contributed by atoms with E-state index in [0.29, 0.717) is 46.4 Å². The molecule has 2 aromatic carbocycles. The van der Waals surface area contributed by atoms with E-state index in [4.69, 9.17) is 20.2 Å². The topological polar surface area (TPSA) is 88.4 Å². The van der Waals surface area contributed by atoms with Crippen LogP contribution < -0.4 is 0 Å². The van der Waals surface area contributed by atoms with Crippen LogP contribution in [0.3, 0.4) is 0 Å². The van der Waals surface area contributed by atoms with Crippen LogP contribution in [0, 0.1) is 23.7 Å². The first-order valence-electron chi connectivity index (χ1n) is 28.5. The molecule has 1 heterocycles. The molecule has 0 radical (unpaired) electrons. The van der Waals surface area contributed by atoms with Gasteiger partial charge in [-0.1, -0.05) is 192 Å². The number of benzene rings is 2. The van der Waals surface area contributed by atoms with Crippen LogP contribution in [0.2, 0.25) is 16.6 Å². The van der Waals surface area contributed by atoms with Crippen molar-refractivity contribution in [2.75, 3.05) is 0 Å². The van der Waals surface area contributed by atoms with E-state index in [1.165, 1.54) is 48.0 Å². The van der Waals surface area contributed by atoms with Crippen LogP contribution >= 0.6 is 0 Å². The Morgan fingerprint density at radius 3 is 1.70 bits per heavy atom. The number of terminal acetylenes is 1. The van der Waals surface area contributed by atoms with E-state index in [0.717, 1.165) is 62.5 Å². The highest BCUT2D eigenvalue weighted by Crippen LogP contribution is 2.44. The molecule has 1 aliphatic heterocycles. The largest absolute Gasteiger partial charge is 0.487 e. The molecular weight excluding hydrogens is 928 g/mol. The van der Waals surface area contributed by atoms with Gasteiger partial charge in [0.2, 0.25) is 8.32 Å². The van der Waals surface area contributed by atoms with Crippen LogP contribution in [0.4, 0.5) is 0 Å². The number of unbranched alkanes of at least 4 members (excludes halogenated alkanes) is 4. The molecule has 0 aromatic heterocycles. The number of hydrogen-bond donors (Lipinski definition) is 3. The summed E-state index contributed by atoms with van der Waals surface area (Å²) in [6.45, 7) is 45.5. The van der Waals surface area contributed by atoms with E-state index in [-0.39, 0.29) is 24.4 Å². The molecule has 1 saturated heterocycles. The predicted molar refractivity (Wildman–Crippen MR) is 323 cm³/mol. The molecule has 0 bridgehead atoms. The summed E-state index contributed by atoms with van der Waals surface area (Å²) in [5, 5.41) is 29.8. The molecule has 4 rings (SSSR count). The fourth-order valence-corrected chi connectivity index (χ4v) is 16.0. The van der Waals surface area contributed by atoms with Gasteiger partial charge in [-0.05, 0) is 161 Å². The first kappa shape index (κ1) is 66.9. The second-order valence-corrected chi connectivity index (χ2v) is 31.0. The van der Waals surface area contributed by atoms with Crippen LogP contribution in [0.5, 0.6) is 0 Å². The van der Waals surface area contributed by atoms with Crippen molar-refractivity contribution in [3.63, 3.8) is 0 Å². The zero-order chi connectivity index (χ0) is 56.1. The number of rotatable bonds is 24. The minimum absolute atomic E-state index is 0.146. The summed E-state index contributed by atoms with van der Waals surface area (Å²) >= 11 is 0. The van der Waals surface area contributed by atoms with Gasteiger partial charge in [0.05, 0.1) is 35.1 Å². The third-order valence-corrected chi connectivity index (χ3v) is 21.5. The van der Waals surface area contributed by atoms with E-state index in [2.05, 4.69) is 177 Å². The van der Waals surface area contributed by atoms with Gasteiger partial charge in [0, 0.05) is 12.8 Å². The third-order valence-electron chi connectivity index (χ3n) is 15.4. The lowest BCUT2D eigenvalue weighted by molar-refractivity contribution is 0.00578. The fraction of sp³-hybridized carbons (Fsp3) is 0.636. The highest BCUT2D eigenvalue weighted by atomic mass is 28.4. The van der Waals surface area contributed by atoms with Gasteiger partial charge in [-0.3, -0.25) is 0 Å². The standard InChI is InChI=1S/C24H34O3.C23H37BO2.C19H36OSi/c1-18-21(16-22(25)17-23(18)26)14-13-20(19-10-6-4-7-11-19)12-8-5-9-15-24(2,3)27;1-21(2,3)17-13-9-12-16-20(19-14-10-8-11-15-19)18-24-25-22(4,5)23(6,7)26-24;1-11-12-18(10)13-19(14(2)3)20-21(15(4)5,16(6)7)17(8)9/h4,6-7,10-11,13-14,22-23,25-27H,1,5,8-9,12,15-17H2,2-3H3;8,10-11,14-15,18H,9,12-13,16-17H2,1-7H3;1,15-19H,2,12-13H2,3-10H3/b20-13+,21-14-;20-18+;/t22-,23+;;18-,19+/m1.1/s1. The molecule has 3 N–H and O–H groups in total. The highest BCUT2D eigenvalue weighted by molar-refractivity contribution is 6.77. The summed E-state index contributed by atoms with van der Waals surface area (Å²) in [6.07, 6.45) is 22.3. The lowest BCUT2D eigenvalue weighted by Crippen LogP contribution is -2.50. The highest BCUT2D eigenvalue weighted by Gasteiger charge is 2.50. The molecule has 1 saturated carbocycles. The zero-order valence-corrected chi connectivity index (χ0v) is 51.1. The minimum Gasteiger partial charge on any atom is -0.409 e. The van der Waals surface area contributed by atoms with E-state index in [1.807, 2.05) is 38.1 Å². The molecule has 8 heteroatoms. The Bertz CT molecular complexity index is 2060. The predicted octanol–water partition coefficient (Wildman–Crippen LogP) is 17.7. The Morgan fingerprint density at radius 2 is 1.26 bits per heavy atom. The van der Waals surface area contributed by atoms with Crippen molar-refractivity contribution in [3.8, 4) is 12.3 Å². The summed E-state index contributed by atoms with van der Waals surface area (Å²) in [5.41, 5.74) is 8.89. The van der Waals surface area contributed by atoms with Gasteiger partial charge < -0.3 is 29.1 Å². The molecule has 0 spiro atoms. The first-order chi connectivity index (χ1) is 34.4. The normalized spacial score (nSPS) is 19.7. The molecule has 2 aliphatic rings. The van der Waals surface area contributed by atoms with Gasteiger partial charge in [0.1, 0.15) is 0 Å². The summed E-state index contributed by atoms with van der Waals surface area (Å²) in [7, 11) is -2.13. The molecule has 2 aromatic rings. The van der Waals surface area contributed by atoms with Crippen molar-refractivity contribution in [1.29, 1.82) is 0 Å². The number of aliphatic hydroxyl groups is 3. The smallest absolute Gasteiger partial charge is 0.409 e. The Kier molecular flexibility index (Phi) is 28.2. The van der Waals surface area contributed by atoms with Crippen molar-refractivity contribution in [3.05, 3.63) is 120 Å². The maximum absolute atomic E-state index is 10.0. The molecule has 0 unspecified atom stereocenters. The molecule has 1 aliphatic carbocycles. The summed E-state index contributed by atoms with van der Waals surface area (Å²) in [6, 6.07) is 21.0. The number of aliphatic hydroxyl groups excluding tert-OH is 2. The van der Waals surface area contributed by atoms with Gasteiger partial charge in [0.25, 0.3) is 0 Å². The van der Waals surface area contributed by atoms with Gasteiger partial charge in [-0.2, -0.15) is 0 Å². The Hall–Kier alpha value is -3.26. The molecule has 74 heavy (non-hydrogen) atoms. The van der Waals surface area contributed by atoms with Gasteiger partial charge >= 0.3 is 7.12 Å². The van der Waals surface area contributed by atoms with Crippen LogP contribution in [-0.2, 0) is 13.7 Å². The Morgan fingerprint density at radius 1 is 0.784 bits per heavy atom. The molecule has 6 nitrogen and oxygen atoms in total. The van der Waals surface area contributed by atoms with Gasteiger partial charge in [0.15, 0.2) is 0 Å². The maximum atomic E-state index is 10.0. The lowest BCUT2D eigenvalue weighted by Gasteiger charge is -2.45. The molecule has 4 atom stereocenters. The second kappa shape index (κ2) is 31.2. The van der Waals surface area contributed by atoms with Gasteiger partial charge in [-0.15, -0.1) is 12.3 Å².